The Labute approximate surface area is 176 Å². The lowest BCUT2D eigenvalue weighted by molar-refractivity contribution is -0.117. The third-order valence-corrected chi connectivity index (χ3v) is 4.87. The Hall–Kier alpha value is -3.17. The summed E-state index contributed by atoms with van der Waals surface area (Å²) in [5.41, 5.74) is 2.70. The zero-order valence-corrected chi connectivity index (χ0v) is 17.1. The molecule has 8 nitrogen and oxygen atoms in total. The van der Waals surface area contributed by atoms with E-state index >= 15 is 0 Å². The van der Waals surface area contributed by atoms with Crippen molar-refractivity contribution in [1.82, 2.24) is 10.8 Å². The van der Waals surface area contributed by atoms with Gasteiger partial charge in [-0.1, -0.05) is 30.3 Å². The quantitative estimate of drug-likeness (QED) is 0.141. The van der Waals surface area contributed by atoms with E-state index in [0.29, 0.717) is 25.2 Å². The number of hydrogen-bond acceptors (Lipinski definition) is 6. The average molecular weight is 432 g/mol. The van der Waals surface area contributed by atoms with Crippen LogP contribution in [0.15, 0.2) is 60.7 Å². The number of hydroxylamine groups is 1. The molecule has 0 spiro atoms. The summed E-state index contributed by atoms with van der Waals surface area (Å²) in [4.78, 5) is 23.4. The maximum Gasteiger partial charge on any atom is 0.274 e. The molecule has 2 aromatic rings. The Bertz CT molecular complexity index is 918. The topological polar surface area (TPSA) is 122 Å². The number of thiol groups is 1. The molecule has 0 bridgehead atoms. The van der Waals surface area contributed by atoms with Crippen molar-refractivity contribution in [3.05, 3.63) is 71.8 Å². The van der Waals surface area contributed by atoms with Crippen molar-refractivity contribution in [3.8, 4) is 5.75 Å². The highest BCUT2D eigenvalue weighted by molar-refractivity contribution is 7.72. The minimum absolute atomic E-state index is 0.148. The van der Waals surface area contributed by atoms with Crippen LogP contribution >= 0.6 is 0 Å². The van der Waals surface area contributed by atoms with Crippen molar-refractivity contribution in [2.24, 2.45) is 0 Å². The van der Waals surface area contributed by atoms with Gasteiger partial charge in [0, 0.05) is 17.7 Å². The fourth-order valence-corrected chi connectivity index (χ4v) is 3.29. The first-order chi connectivity index (χ1) is 14.5. The predicted octanol–water partition coefficient (Wildman–Crippen LogP) is 1.77. The summed E-state index contributed by atoms with van der Waals surface area (Å²) in [5, 5.41) is 11.3. The lowest BCUT2D eigenvalue weighted by atomic mass is 10.1. The fraction of sp³-hybridized carbons (Fsp3) is 0.238. The van der Waals surface area contributed by atoms with Crippen LogP contribution in [-0.2, 0) is 15.5 Å². The molecule has 2 aromatic carbocycles. The lowest BCUT2D eigenvalue weighted by Gasteiger charge is -2.15. The fourth-order valence-electron chi connectivity index (χ4n) is 2.66. The molecule has 0 unspecified atom stereocenters. The molecule has 0 saturated carbocycles. The molecule has 30 heavy (non-hydrogen) atoms. The highest BCUT2D eigenvalue weighted by atomic mass is 32.2. The molecule has 0 aliphatic heterocycles. The molecule has 3 N–H and O–H groups in total. The van der Waals surface area contributed by atoms with Gasteiger partial charge in [-0.25, -0.2) is 13.9 Å². The van der Waals surface area contributed by atoms with E-state index in [1.807, 2.05) is 30.3 Å². The minimum atomic E-state index is -2.64. The number of nitrogens with one attached hydrogen (secondary N) is 2. The predicted molar refractivity (Wildman–Crippen MR) is 113 cm³/mol. The number of carbonyl (C=O) groups excluding carboxylic acids is 2. The van der Waals surface area contributed by atoms with Crippen molar-refractivity contribution in [3.63, 3.8) is 0 Å². The molecular weight excluding hydrogens is 408 g/mol. The molecule has 0 aliphatic carbocycles. The van der Waals surface area contributed by atoms with Crippen molar-refractivity contribution < 1.29 is 28.0 Å². The van der Waals surface area contributed by atoms with Gasteiger partial charge in [0.15, 0.2) is 0 Å². The second kappa shape index (κ2) is 12.4. The standard InChI is InChI=1S/C21H24N2O6S/c24-20(13-8-16-5-2-1-3-6-16)22-18(15-30(27)28)7-4-14-29-19-11-9-17(10-12-19)21(25)23-26/h1-3,5-6,8-13,18,26,30H,4,7,14-15H2,(H,22,24)(H,23,25)/b13-8+/t18-/m0/s1. The Morgan fingerprint density at radius 1 is 1.07 bits per heavy atom. The van der Waals surface area contributed by atoms with Crippen LogP contribution in [0.5, 0.6) is 5.75 Å². The Balaban J connectivity index is 1.80. The second-order valence-electron chi connectivity index (χ2n) is 6.42. The summed E-state index contributed by atoms with van der Waals surface area (Å²) in [6.45, 7) is 0.313. The molecular formula is C21H24N2O6S. The third-order valence-electron chi connectivity index (χ3n) is 4.13. The van der Waals surface area contributed by atoms with Gasteiger partial charge < -0.3 is 10.1 Å². The van der Waals surface area contributed by atoms with E-state index in [-0.39, 0.29) is 17.2 Å². The van der Waals surface area contributed by atoms with Crippen molar-refractivity contribution >= 4 is 28.6 Å². The molecule has 0 aromatic heterocycles. The number of rotatable bonds is 11. The van der Waals surface area contributed by atoms with Crippen LogP contribution in [0.25, 0.3) is 6.08 Å². The van der Waals surface area contributed by atoms with E-state index in [1.165, 1.54) is 18.2 Å². The van der Waals surface area contributed by atoms with Crippen LogP contribution < -0.4 is 15.5 Å². The average Bonchev–Trinajstić information content (AvgIpc) is 2.75. The van der Waals surface area contributed by atoms with E-state index in [9.17, 15) is 18.0 Å². The molecule has 0 fully saturated rings. The summed E-state index contributed by atoms with van der Waals surface area (Å²) in [6.07, 6.45) is 3.99. The van der Waals surface area contributed by atoms with Gasteiger partial charge in [-0.05, 0) is 48.7 Å². The van der Waals surface area contributed by atoms with Gasteiger partial charge in [0.05, 0.1) is 12.4 Å². The number of benzene rings is 2. The number of carbonyl (C=O) groups is 2. The molecule has 0 radical (unpaired) electrons. The maximum absolute atomic E-state index is 12.1. The van der Waals surface area contributed by atoms with Crippen LogP contribution in [0.4, 0.5) is 0 Å². The second-order valence-corrected chi connectivity index (χ2v) is 7.45. The first-order valence-electron chi connectivity index (χ1n) is 9.30. The highest BCUT2D eigenvalue weighted by Gasteiger charge is 2.12. The summed E-state index contributed by atoms with van der Waals surface area (Å²) >= 11 is 0. The highest BCUT2D eigenvalue weighted by Crippen LogP contribution is 2.13. The first kappa shape index (κ1) is 23.1. The first-order valence-corrected chi connectivity index (χ1v) is 10.7. The van der Waals surface area contributed by atoms with Crippen LogP contribution in [0, 0.1) is 0 Å². The number of hydrogen-bond donors (Lipinski definition) is 4. The van der Waals surface area contributed by atoms with Crippen molar-refractivity contribution in [2.75, 3.05) is 12.4 Å². The van der Waals surface area contributed by atoms with Gasteiger partial charge in [-0.2, -0.15) is 0 Å². The normalized spacial score (nSPS) is 11.9. The molecule has 0 heterocycles. The van der Waals surface area contributed by atoms with E-state index in [1.54, 1.807) is 23.7 Å². The summed E-state index contributed by atoms with van der Waals surface area (Å²) in [6, 6.07) is 15.0. The van der Waals surface area contributed by atoms with Gasteiger partial charge in [-0.15, -0.1) is 0 Å². The van der Waals surface area contributed by atoms with E-state index < -0.39 is 22.7 Å². The molecule has 2 rings (SSSR count). The zero-order valence-electron chi connectivity index (χ0n) is 16.2. The zero-order chi connectivity index (χ0) is 21.8. The smallest absolute Gasteiger partial charge is 0.274 e. The van der Waals surface area contributed by atoms with Crippen LogP contribution in [0.1, 0.15) is 28.8 Å². The number of ether oxygens (including phenoxy) is 1. The Morgan fingerprint density at radius 2 is 1.77 bits per heavy atom. The van der Waals surface area contributed by atoms with Crippen molar-refractivity contribution in [2.45, 2.75) is 18.9 Å². The van der Waals surface area contributed by atoms with E-state index in [2.05, 4.69) is 5.32 Å². The van der Waals surface area contributed by atoms with Crippen LogP contribution in [0.3, 0.4) is 0 Å². The summed E-state index contributed by atoms with van der Waals surface area (Å²) < 4.78 is 27.8. The van der Waals surface area contributed by atoms with Gasteiger partial charge in [0.2, 0.25) is 5.91 Å². The molecule has 2 amide bonds. The Kier molecular flexibility index (Phi) is 9.56. The maximum atomic E-state index is 12.1. The summed E-state index contributed by atoms with van der Waals surface area (Å²) in [7, 11) is -2.64. The molecule has 1 atom stereocenters. The summed E-state index contributed by atoms with van der Waals surface area (Å²) in [5.74, 6) is -0.594. The van der Waals surface area contributed by atoms with E-state index in [4.69, 9.17) is 9.94 Å². The van der Waals surface area contributed by atoms with Gasteiger partial charge in [0.1, 0.15) is 16.5 Å². The van der Waals surface area contributed by atoms with Crippen LogP contribution in [-0.4, -0.2) is 43.8 Å². The van der Waals surface area contributed by atoms with Gasteiger partial charge in [-0.3, -0.25) is 14.8 Å². The third kappa shape index (κ3) is 8.46. The lowest BCUT2D eigenvalue weighted by Crippen LogP contribution is -2.37. The molecule has 0 saturated heterocycles. The Morgan fingerprint density at radius 3 is 2.40 bits per heavy atom. The number of amides is 2. The SMILES string of the molecule is O=C(/C=C/c1ccccc1)N[C@@H](CCCOc1ccc(C(=O)NO)cc1)C[SH](=O)=O. The molecule has 160 valence electrons. The largest absolute Gasteiger partial charge is 0.494 e. The minimum Gasteiger partial charge on any atom is -0.494 e. The van der Waals surface area contributed by atoms with Gasteiger partial charge in [0.25, 0.3) is 5.91 Å². The molecule has 0 aliphatic rings. The van der Waals surface area contributed by atoms with Crippen LogP contribution in [0.2, 0.25) is 0 Å². The van der Waals surface area contributed by atoms with Gasteiger partial charge >= 0.3 is 0 Å². The monoisotopic (exact) mass is 432 g/mol. The molecule has 9 heteroatoms. The van der Waals surface area contributed by atoms with Crippen molar-refractivity contribution in [1.29, 1.82) is 0 Å². The van der Waals surface area contributed by atoms with E-state index in [0.717, 1.165) is 5.56 Å².